The Hall–Kier alpha value is -0.540. The average Bonchev–Trinajstić information content (AvgIpc) is 2.21. The van der Waals surface area contributed by atoms with Crippen LogP contribution in [0.3, 0.4) is 0 Å². The molecule has 0 saturated carbocycles. The van der Waals surface area contributed by atoms with Gasteiger partial charge in [0.15, 0.2) is 0 Å². The number of rotatable bonds is 5. The molecular weight excluding hydrogens is 197 g/mol. The summed E-state index contributed by atoms with van der Waals surface area (Å²) in [5.74, 6) is -0.0974. The summed E-state index contributed by atoms with van der Waals surface area (Å²) in [6.07, 6.45) is 4.71. The molecule has 2 N–H and O–H groups in total. The summed E-state index contributed by atoms with van der Waals surface area (Å²) in [6, 6.07) is 5.28. The smallest absolute Gasteiger partial charge is 0.126 e. The summed E-state index contributed by atoms with van der Waals surface area (Å²) in [7, 11) is 0. The first-order valence-electron chi connectivity index (χ1n) is 4.80. The van der Waals surface area contributed by atoms with Gasteiger partial charge in [-0.05, 0) is 55.8 Å². The molecule has 0 aliphatic heterocycles. The van der Waals surface area contributed by atoms with Crippen molar-refractivity contribution in [3.05, 3.63) is 29.6 Å². The minimum atomic E-state index is -0.0974. The van der Waals surface area contributed by atoms with E-state index in [0.29, 0.717) is 6.54 Å². The monoisotopic (exact) mass is 213 g/mol. The molecule has 0 radical (unpaired) electrons. The zero-order valence-electron chi connectivity index (χ0n) is 8.42. The van der Waals surface area contributed by atoms with Crippen molar-refractivity contribution in [3.8, 4) is 0 Å². The quantitative estimate of drug-likeness (QED) is 0.601. The number of halogens is 1. The Morgan fingerprint density at radius 1 is 1.36 bits per heavy atom. The van der Waals surface area contributed by atoms with Crippen molar-refractivity contribution in [1.29, 1.82) is 0 Å². The van der Waals surface area contributed by atoms with Crippen LogP contribution in [0.4, 0.5) is 4.39 Å². The highest BCUT2D eigenvalue weighted by Crippen LogP contribution is 2.19. The van der Waals surface area contributed by atoms with E-state index >= 15 is 0 Å². The number of thioether (sulfide) groups is 1. The van der Waals surface area contributed by atoms with Crippen molar-refractivity contribution in [1.82, 2.24) is 0 Å². The van der Waals surface area contributed by atoms with Gasteiger partial charge in [-0.2, -0.15) is 0 Å². The van der Waals surface area contributed by atoms with Crippen molar-refractivity contribution < 1.29 is 4.39 Å². The van der Waals surface area contributed by atoms with Crippen LogP contribution < -0.4 is 5.73 Å². The number of aryl methyl sites for hydroxylation is 1. The van der Waals surface area contributed by atoms with Crippen LogP contribution in [0.2, 0.25) is 0 Å². The van der Waals surface area contributed by atoms with Crippen LogP contribution in [-0.2, 0) is 6.42 Å². The maximum absolute atomic E-state index is 13.3. The van der Waals surface area contributed by atoms with Crippen molar-refractivity contribution >= 4 is 11.8 Å². The van der Waals surface area contributed by atoms with E-state index in [9.17, 15) is 4.39 Å². The van der Waals surface area contributed by atoms with Gasteiger partial charge in [0.2, 0.25) is 0 Å². The fourth-order valence-corrected chi connectivity index (χ4v) is 1.79. The minimum absolute atomic E-state index is 0.0974. The molecule has 1 rings (SSSR count). The first kappa shape index (κ1) is 11.5. The van der Waals surface area contributed by atoms with E-state index in [1.807, 2.05) is 18.4 Å². The zero-order chi connectivity index (χ0) is 10.4. The van der Waals surface area contributed by atoms with E-state index in [-0.39, 0.29) is 5.82 Å². The Morgan fingerprint density at radius 3 is 2.79 bits per heavy atom. The highest BCUT2D eigenvalue weighted by Gasteiger charge is 2.02. The molecule has 0 aliphatic rings. The average molecular weight is 213 g/mol. The van der Waals surface area contributed by atoms with Crippen LogP contribution >= 0.6 is 11.8 Å². The lowest BCUT2D eigenvalue weighted by Gasteiger charge is -2.04. The molecule has 14 heavy (non-hydrogen) atoms. The van der Waals surface area contributed by atoms with Crippen molar-refractivity contribution in [2.75, 3.05) is 12.8 Å². The van der Waals surface area contributed by atoms with Crippen LogP contribution in [0, 0.1) is 5.82 Å². The third-order valence-corrected chi connectivity index (χ3v) is 2.88. The largest absolute Gasteiger partial charge is 0.330 e. The van der Waals surface area contributed by atoms with Gasteiger partial charge >= 0.3 is 0 Å². The number of hydrogen-bond donors (Lipinski definition) is 1. The molecule has 0 aromatic heterocycles. The summed E-state index contributed by atoms with van der Waals surface area (Å²) < 4.78 is 13.3. The maximum Gasteiger partial charge on any atom is 0.126 e. The maximum atomic E-state index is 13.3. The van der Waals surface area contributed by atoms with Gasteiger partial charge in [0.05, 0.1) is 0 Å². The SMILES string of the molecule is CSc1ccc(F)c(CCCCN)c1. The molecule has 0 fully saturated rings. The zero-order valence-corrected chi connectivity index (χ0v) is 9.24. The lowest BCUT2D eigenvalue weighted by Crippen LogP contribution is -2.00. The van der Waals surface area contributed by atoms with Gasteiger partial charge in [0.1, 0.15) is 5.82 Å². The molecule has 0 unspecified atom stereocenters. The fraction of sp³-hybridized carbons (Fsp3) is 0.455. The van der Waals surface area contributed by atoms with E-state index in [4.69, 9.17) is 5.73 Å². The van der Waals surface area contributed by atoms with Gasteiger partial charge in [-0.15, -0.1) is 11.8 Å². The number of nitrogens with two attached hydrogens (primary N) is 1. The second kappa shape index (κ2) is 6.04. The van der Waals surface area contributed by atoms with Gasteiger partial charge in [-0.1, -0.05) is 0 Å². The highest BCUT2D eigenvalue weighted by molar-refractivity contribution is 7.98. The molecule has 0 bridgehead atoms. The molecule has 0 heterocycles. The van der Waals surface area contributed by atoms with Crippen LogP contribution in [0.1, 0.15) is 18.4 Å². The molecule has 1 nitrogen and oxygen atoms in total. The van der Waals surface area contributed by atoms with Gasteiger partial charge in [-0.3, -0.25) is 0 Å². The summed E-state index contributed by atoms with van der Waals surface area (Å²) in [6.45, 7) is 0.684. The number of unbranched alkanes of at least 4 members (excludes halogenated alkanes) is 1. The Kier molecular flexibility index (Phi) is 4.98. The van der Waals surface area contributed by atoms with Crippen LogP contribution in [-0.4, -0.2) is 12.8 Å². The predicted octanol–water partition coefficient (Wildman–Crippen LogP) is 2.83. The van der Waals surface area contributed by atoms with E-state index < -0.39 is 0 Å². The molecular formula is C11H16FNS. The van der Waals surface area contributed by atoms with Gasteiger partial charge in [0.25, 0.3) is 0 Å². The molecule has 0 saturated heterocycles. The molecule has 1 aromatic carbocycles. The number of benzene rings is 1. The van der Waals surface area contributed by atoms with Crippen molar-refractivity contribution in [2.45, 2.75) is 24.2 Å². The lowest BCUT2D eigenvalue weighted by molar-refractivity contribution is 0.599. The summed E-state index contributed by atoms with van der Waals surface area (Å²) >= 11 is 1.64. The van der Waals surface area contributed by atoms with Crippen LogP contribution in [0.15, 0.2) is 23.1 Å². The van der Waals surface area contributed by atoms with Crippen molar-refractivity contribution in [2.24, 2.45) is 5.73 Å². The van der Waals surface area contributed by atoms with E-state index in [1.165, 1.54) is 0 Å². The summed E-state index contributed by atoms with van der Waals surface area (Å²) in [5, 5.41) is 0. The topological polar surface area (TPSA) is 26.0 Å². The Morgan fingerprint density at radius 2 is 2.14 bits per heavy atom. The molecule has 0 amide bonds. The van der Waals surface area contributed by atoms with Gasteiger partial charge in [0, 0.05) is 4.90 Å². The van der Waals surface area contributed by atoms with Gasteiger partial charge < -0.3 is 5.73 Å². The lowest BCUT2D eigenvalue weighted by atomic mass is 10.1. The molecule has 78 valence electrons. The molecule has 3 heteroatoms. The Balaban J connectivity index is 2.64. The van der Waals surface area contributed by atoms with Crippen molar-refractivity contribution in [3.63, 3.8) is 0 Å². The standard InChI is InChI=1S/C11H16FNS/c1-14-10-5-6-11(12)9(8-10)4-2-3-7-13/h5-6,8H,2-4,7,13H2,1H3. The highest BCUT2D eigenvalue weighted by atomic mass is 32.2. The molecule has 0 aliphatic carbocycles. The third kappa shape index (κ3) is 3.31. The van der Waals surface area contributed by atoms with Gasteiger partial charge in [-0.25, -0.2) is 4.39 Å². The molecule has 0 spiro atoms. The fourth-order valence-electron chi connectivity index (χ4n) is 1.33. The molecule has 1 aromatic rings. The van der Waals surface area contributed by atoms with E-state index in [1.54, 1.807) is 17.8 Å². The van der Waals surface area contributed by atoms with E-state index in [0.717, 1.165) is 29.7 Å². The van der Waals surface area contributed by atoms with E-state index in [2.05, 4.69) is 0 Å². The normalized spacial score (nSPS) is 10.5. The Bertz CT molecular complexity index is 289. The third-order valence-electron chi connectivity index (χ3n) is 2.15. The summed E-state index contributed by atoms with van der Waals surface area (Å²) in [5.41, 5.74) is 6.20. The first-order valence-corrected chi connectivity index (χ1v) is 6.03. The second-order valence-corrected chi connectivity index (χ2v) is 4.08. The number of hydrogen-bond acceptors (Lipinski definition) is 2. The Labute approximate surface area is 88.9 Å². The van der Waals surface area contributed by atoms with Crippen LogP contribution in [0.5, 0.6) is 0 Å². The first-order chi connectivity index (χ1) is 6.77. The van der Waals surface area contributed by atoms with Crippen LogP contribution in [0.25, 0.3) is 0 Å². The second-order valence-electron chi connectivity index (χ2n) is 3.20. The molecule has 0 atom stereocenters. The summed E-state index contributed by atoms with van der Waals surface area (Å²) in [4.78, 5) is 1.12. The minimum Gasteiger partial charge on any atom is -0.330 e. The predicted molar refractivity (Wildman–Crippen MR) is 60.2 cm³/mol.